The smallest absolute Gasteiger partial charge is 0.321 e. The van der Waals surface area contributed by atoms with E-state index in [1.54, 1.807) is 13.8 Å². The van der Waals surface area contributed by atoms with Crippen LogP contribution in [0, 0.1) is 22.7 Å². The van der Waals surface area contributed by atoms with E-state index in [-0.39, 0.29) is 18.3 Å². The predicted octanol–water partition coefficient (Wildman–Crippen LogP) is 2.87. The van der Waals surface area contributed by atoms with Gasteiger partial charge in [-0.15, -0.1) is 0 Å². The van der Waals surface area contributed by atoms with Gasteiger partial charge in [0, 0.05) is 0 Å². The minimum Gasteiger partial charge on any atom is -0.480 e. The topological polar surface area (TPSA) is 74.6 Å². The second-order valence-electron chi connectivity index (χ2n) is 5.99. The second kappa shape index (κ2) is 5.07. The summed E-state index contributed by atoms with van der Waals surface area (Å²) in [5.74, 6) is -2.50. The summed E-state index contributed by atoms with van der Waals surface area (Å²) in [6.45, 7) is 10.9. The van der Waals surface area contributed by atoms with E-state index in [1.807, 2.05) is 27.7 Å². The van der Waals surface area contributed by atoms with Gasteiger partial charge in [-0.1, -0.05) is 41.5 Å². The van der Waals surface area contributed by atoms with E-state index in [0.717, 1.165) is 0 Å². The van der Waals surface area contributed by atoms with E-state index >= 15 is 0 Å². The number of rotatable bonds is 6. The highest BCUT2D eigenvalue weighted by Gasteiger charge is 2.58. The third-order valence-electron chi connectivity index (χ3n) is 3.99. The minimum absolute atomic E-state index is 0.0141. The average Bonchev–Trinajstić information content (AvgIpc) is 2.11. The largest absolute Gasteiger partial charge is 0.480 e. The molecule has 0 saturated heterocycles. The first-order valence-electron chi connectivity index (χ1n) is 5.97. The molecule has 0 aromatic carbocycles. The zero-order valence-corrected chi connectivity index (χ0v) is 11.6. The minimum atomic E-state index is -1.73. The molecule has 0 aliphatic rings. The van der Waals surface area contributed by atoms with Crippen molar-refractivity contribution in [1.29, 1.82) is 0 Å². The fraction of sp³-hybridized carbons (Fsp3) is 0.846. The molecule has 0 spiro atoms. The maximum atomic E-state index is 11.6. The Balaban J connectivity index is 5.81. The molecule has 17 heavy (non-hydrogen) atoms. The summed E-state index contributed by atoms with van der Waals surface area (Å²) < 4.78 is 0. The van der Waals surface area contributed by atoms with Gasteiger partial charge in [-0.05, 0) is 23.7 Å². The third kappa shape index (κ3) is 2.61. The molecule has 0 aliphatic carbocycles. The lowest BCUT2D eigenvalue weighted by Gasteiger charge is -2.44. The van der Waals surface area contributed by atoms with Gasteiger partial charge in [0.2, 0.25) is 0 Å². The summed E-state index contributed by atoms with van der Waals surface area (Å²) in [4.78, 5) is 23.1. The molecule has 4 nitrogen and oxygen atoms in total. The maximum Gasteiger partial charge on any atom is 0.321 e. The molecule has 0 aliphatic heterocycles. The number of carboxylic acids is 2. The van der Waals surface area contributed by atoms with E-state index in [9.17, 15) is 19.8 Å². The van der Waals surface area contributed by atoms with Gasteiger partial charge in [-0.3, -0.25) is 9.59 Å². The molecule has 0 fully saturated rings. The number of carboxylic acid groups (broad SMARTS) is 2. The highest BCUT2D eigenvalue weighted by atomic mass is 16.4. The van der Waals surface area contributed by atoms with Gasteiger partial charge in [-0.2, -0.15) is 0 Å². The predicted molar refractivity (Wildman–Crippen MR) is 65.8 cm³/mol. The van der Waals surface area contributed by atoms with Gasteiger partial charge < -0.3 is 10.2 Å². The van der Waals surface area contributed by atoms with Crippen LogP contribution in [-0.4, -0.2) is 22.2 Å². The van der Waals surface area contributed by atoms with Crippen molar-refractivity contribution >= 4 is 11.9 Å². The Morgan fingerprint density at radius 3 is 1.53 bits per heavy atom. The first-order valence-corrected chi connectivity index (χ1v) is 5.97. The lowest BCUT2D eigenvalue weighted by atomic mass is 9.57. The molecule has 0 radical (unpaired) electrons. The zero-order chi connectivity index (χ0) is 14.0. The van der Waals surface area contributed by atoms with Crippen molar-refractivity contribution in [2.45, 2.75) is 48.0 Å². The quantitative estimate of drug-likeness (QED) is 0.704. The van der Waals surface area contributed by atoms with Gasteiger partial charge >= 0.3 is 11.9 Å². The van der Waals surface area contributed by atoms with Crippen molar-refractivity contribution in [2.24, 2.45) is 22.7 Å². The van der Waals surface area contributed by atoms with Crippen LogP contribution in [0.3, 0.4) is 0 Å². The molecule has 0 saturated carbocycles. The third-order valence-corrected chi connectivity index (χ3v) is 3.99. The van der Waals surface area contributed by atoms with Crippen LogP contribution < -0.4 is 0 Å². The number of carbonyl (C=O) groups is 2. The van der Waals surface area contributed by atoms with Crippen LogP contribution in [0.25, 0.3) is 0 Å². The van der Waals surface area contributed by atoms with Gasteiger partial charge in [0.05, 0.1) is 0 Å². The van der Waals surface area contributed by atoms with Crippen LogP contribution in [0.4, 0.5) is 0 Å². The summed E-state index contributed by atoms with van der Waals surface area (Å²) in [7, 11) is 0. The first kappa shape index (κ1) is 15.9. The lowest BCUT2D eigenvalue weighted by molar-refractivity contribution is -0.179. The Morgan fingerprint density at radius 1 is 1.00 bits per heavy atom. The fourth-order valence-electron chi connectivity index (χ4n) is 2.19. The molecule has 0 unspecified atom stereocenters. The van der Waals surface area contributed by atoms with Crippen LogP contribution in [-0.2, 0) is 9.59 Å². The van der Waals surface area contributed by atoms with Crippen molar-refractivity contribution in [3.8, 4) is 0 Å². The van der Waals surface area contributed by atoms with Crippen LogP contribution in [0.1, 0.15) is 48.0 Å². The van der Waals surface area contributed by atoms with Crippen LogP contribution in [0.15, 0.2) is 0 Å². The molecule has 0 heterocycles. The highest BCUT2D eigenvalue weighted by molar-refractivity contribution is 5.99. The van der Waals surface area contributed by atoms with Crippen LogP contribution >= 0.6 is 0 Å². The summed E-state index contributed by atoms with van der Waals surface area (Å²) in [6, 6.07) is 0. The van der Waals surface area contributed by atoms with Crippen molar-refractivity contribution in [2.75, 3.05) is 0 Å². The molecule has 0 aromatic heterocycles. The van der Waals surface area contributed by atoms with Crippen LogP contribution in [0.2, 0.25) is 0 Å². The number of aliphatic carboxylic acids is 2. The molecule has 4 heteroatoms. The van der Waals surface area contributed by atoms with Crippen LogP contribution in [0.5, 0.6) is 0 Å². The summed E-state index contributed by atoms with van der Waals surface area (Å²) >= 11 is 0. The summed E-state index contributed by atoms with van der Waals surface area (Å²) in [6.07, 6.45) is 0.142. The standard InChI is InChI=1S/C13H24O4/c1-8(2)7-13(10(14)15,11(16)17)12(5,6)9(3)4/h8-9H,7H2,1-6H3,(H,14,15)(H,16,17). The van der Waals surface area contributed by atoms with E-state index in [0.29, 0.717) is 0 Å². The molecule has 0 atom stereocenters. The second-order valence-corrected chi connectivity index (χ2v) is 5.99. The highest BCUT2D eigenvalue weighted by Crippen LogP contribution is 2.49. The van der Waals surface area contributed by atoms with Gasteiger partial charge in [-0.25, -0.2) is 0 Å². The van der Waals surface area contributed by atoms with Crippen molar-refractivity contribution in [3.63, 3.8) is 0 Å². The molecular weight excluding hydrogens is 220 g/mol. The summed E-state index contributed by atoms with van der Waals surface area (Å²) in [5.41, 5.74) is -2.54. The maximum absolute atomic E-state index is 11.6. The molecule has 2 N–H and O–H groups in total. The Hall–Kier alpha value is -1.06. The van der Waals surface area contributed by atoms with Gasteiger partial charge in [0.15, 0.2) is 5.41 Å². The SMILES string of the molecule is CC(C)CC(C(=O)O)(C(=O)O)C(C)(C)C(C)C. The molecule has 0 bridgehead atoms. The number of hydrogen-bond acceptors (Lipinski definition) is 2. The Morgan fingerprint density at radius 2 is 1.35 bits per heavy atom. The van der Waals surface area contributed by atoms with E-state index in [2.05, 4.69) is 0 Å². The Bertz CT molecular complexity index is 289. The zero-order valence-electron chi connectivity index (χ0n) is 11.6. The van der Waals surface area contributed by atoms with E-state index < -0.39 is 22.8 Å². The lowest BCUT2D eigenvalue weighted by Crippen LogP contribution is -2.53. The molecule has 0 aromatic rings. The van der Waals surface area contributed by atoms with E-state index in [1.165, 1.54) is 0 Å². The Kier molecular flexibility index (Phi) is 4.75. The first-order chi connectivity index (χ1) is 7.50. The molecule has 100 valence electrons. The monoisotopic (exact) mass is 244 g/mol. The van der Waals surface area contributed by atoms with Gasteiger partial charge in [0.25, 0.3) is 0 Å². The molecule has 0 amide bonds. The molecule has 0 rings (SSSR count). The Labute approximate surface area is 103 Å². The number of hydrogen-bond donors (Lipinski definition) is 2. The average molecular weight is 244 g/mol. The summed E-state index contributed by atoms with van der Waals surface area (Å²) in [5, 5.41) is 18.9. The fourth-order valence-corrected chi connectivity index (χ4v) is 2.19. The van der Waals surface area contributed by atoms with Crippen molar-refractivity contribution in [3.05, 3.63) is 0 Å². The van der Waals surface area contributed by atoms with E-state index in [4.69, 9.17) is 0 Å². The normalized spacial score (nSPS) is 13.2. The molecular formula is C13H24O4. The van der Waals surface area contributed by atoms with Crippen molar-refractivity contribution < 1.29 is 19.8 Å². The van der Waals surface area contributed by atoms with Gasteiger partial charge in [0.1, 0.15) is 0 Å². The van der Waals surface area contributed by atoms with Crippen molar-refractivity contribution in [1.82, 2.24) is 0 Å².